The number of amides is 2. The van der Waals surface area contributed by atoms with Gasteiger partial charge in [-0.1, -0.05) is 0 Å². The molecule has 1 saturated heterocycles. The zero-order chi connectivity index (χ0) is 15.2. The molecule has 0 aromatic heterocycles. The quantitative estimate of drug-likeness (QED) is 0.541. The number of rotatable bonds is 6. The highest BCUT2D eigenvalue weighted by atomic mass is 32.2. The van der Waals surface area contributed by atoms with Crippen molar-refractivity contribution in [3.63, 3.8) is 0 Å². The van der Waals surface area contributed by atoms with E-state index in [-0.39, 0.29) is 12.2 Å². The summed E-state index contributed by atoms with van der Waals surface area (Å²) < 4.78 is 27.1. The Hall–Kier alpha value is -1.39. The Bertz CT molecular complexity index is 446. The summed E-state index contributed by atoms with van der Waals surface area (Å²) in [5, 5.41) is 12.8. The average Bonchev–Trinajstić information content (AvgIpc) is 2.34. The van der Waals surface area contributed by atoms with E-state index >= 15 is 0 Å². The zero-order valence-corrected chi connectivity index (χ0v) is 12.0. The number of nitrogens with one attached hydrogen (secondary N) is 2. The van der Waals surface area contributed by atoms with E-state index in [0.29, 0.717) is 26.3 Å². The van der Waals surface area contributed by atoms with E-state index in [1.807, 2.05) is 0 Å². The number of ether oxygens (including phenoxy) is 1. The second-order valence-electron chi connectivity index (χ2n) is 4.49. The molecule has 0 spiro atoms. The molecule has 0 aliphatic carbocycles. The molecule has 1 unspecified atom stereocenters. The van der Waals surface area contributed by atoms with Crippen LogP contribution in [-0.2, 0) is 19.4 Å². The van der Waals surface area contributed by atoms with E-state index in [2.05, 4.69) is 10.7 Å². The Morgan fingerprint density at radius 1 is 1.35 bits per heavy atom. The third-order valence-corrected chi connectivity index (χ3v) is 3.63. The van der Waals surface area contributed by atoms with Gasteiger partial charge in [-0.05, 0) is 6.42 Å². The molecule has 20 heavy (non-hydrogen) atoms. The lowest BCUT2D eigenvalue weighted by Crippen LogP contribution is -2.54. The van der Waals surface area contributed by atoms with Gasteiger partial charge in [0.15, 0.2) is 0 Å². The van der Waals surface area contributed by atoms with Crippen LogP contribution in [0.5, 0.6) is 0 Å². The number of aliphatic carboxylic acids is 1. The van der Waals surface area contributed by atoms with Crippen LogP contribution in [0.2, 0.25) is 0 Å². The SMILES string of the molecule is CS(=O)(=O)CCC(NC(=O)NN1CCOCC1)C(=O)O. The van der Waals surface area contributed by atoms with Crippen molar-refractivity contribution in [1.29, 1.82) is 0 Å². The number of carbonyl (C=O) groups is 2. The molecule has 1 heterocycles. The summed E-state index contributed by atoms with van der Waals surface area (Å²) in [7, 11) is -3.28. The lowest BCUT2D eigenvalue weighted by molar-refractivity contribution is -0.139. The second kappa shape index (κ2) is 7.41. The molecule has 0 radical (unpaired) electrons. The third kappa shape index (κ3) is 6.68. The Morgan fingerprint density at radius 2 is 1.95 bits per heavy atom. The summed E-state index contributed by atoms with van der Waals surface area (Å²) in [6.45, 7) is 1.98. The molecule has 1 aliphatic rings. The highest BCUT2D eigenvalue weighted by molar-refractivity contribution is 7.90. The standard InChI is InChI=1S/C10H19N3O6S/c1-20(17,18)7-2-8(9(14)15)11-10(16)12-13-3-5-19-6-4-13/h8H,2-7H2,1H3,(H,14,15)(H2,11,12,16). The van der Waals surface area contributed by atoms with Crippen LogP contribution >= 0.6 is 0 Å². The summed E-state index contributed by atoms with van der Waals surface area (Å²) in [4.78, 5) is 22.6. The molecular formula is C10H19N3O6S. The van der Waals surface area contributed by atoms with E-state index in [1.54, 1.807) is 5.01 Å². The van der Waals surface area contributed by atoms with Gasteiger partial charge in [0.2, 0.25) is 0 Å². The van der Waals surface area contributed by atoms with Crippen molar-refractivity contribution in [2.24, 2.45) is 0 Å². The molecule has 116 valence electrons. The van der Waals surface area contributed by atoms with Crippen molar-refractivity contribution >= 4 is 21.8 Å². The minimum atomic E-state index is -3.28. The lowest BCUT2D eigenvalue weighted by atomic mass is 10.2. The Labute approximate surface area is 117 Å². The molecule has 1 fully saturated rings. The van der Waals surface area contributed by atoms with E-state index < -0.39 is 27.9 Å². The van der Waals surface area contributed by atoms with Crippen LogP contribution in [0.4, 0.5) is 4.79 Å². The van der Waals surface area contributed by atoms with Gasteiger partial charge in [-0.15, -0.1) is 0 Å². The molecule has 9 nitrogen and oxygen atoms in total. The highest BCUT2D eigenvalue weighted by Crippen LogP contribution is 1.98. The first-order valence-corrected chi connectivity index (χ1v) is 8.14. The number of morpholine rings is 1. The van der Waals surface area contributed by atoms with Crippen LogP contribution in [0, 0.1) is 0 Å². The molecule has 3 N–H and O–H groups in total. The van der Waals surface area contributed by atoms with Gasteiger partial charge in [0.05, 0.1) is 19.0 Å². The largest absolute Gasteiger partial charge is 0.480 e. The van der Waals surface area contributed by atoms with Gasteiger partial charge in [-0.25, -0.2) is 23.0 Å². The van der Waals surface area contributed by atoms with Crippen molar-refractivity contribution < 1.29 is 27.9 Å². The number of carboxylic acids is 1. The number of hydrogen-bond acceptors (Lipinski definition) is 6. The van der Waals surface area contributed by atoms with Crippen LogP contribution < -0.4 is 10.7 Å². The number of hydrazine groups is 1. The summed E-state index contributed by atoms with van der Waals surface area (Å²) in [5.74, 6) is -1.58. The fraction of sp³-hybridized carbons (Fsp3) is 0.800. The topological polar surface area (TPSA) is 125 Å². The number of carbonyl (C=O) groups excluding carboxylic acids is 1. The Morgan fingerprint density at radius 3 is 2.45 bits per heavy atom. The maximum absolute atomic E-state index is 11.6. The average molecular weight is 309 g/mol. The molecule has 1 aliphatic heterocycles. The van der Waals surface area contributed by atoms with E-state index in [1.165, 1.54) is 0 Å². The molecular weight excluding hydrogens is 290 g/mol. The van der Waals surface area contributed by atoms with E-state index in [0.717, 1.165) is 6.26 Å². The van der Waals surface area contributed by atoms with Crippen molar-refractivity contribution in [1.82, 2.24) is 15.8 Å². The lowest BCUT2D eigenvalue weighted by Gasteiger charge is -2.27. The smallest absolute Gasteiger partial charge is 0.330 e. The summed E-state index contributed by atoms with van der Waals surface area (Å²) in [5.41, 5.74) is 2.49. The van der Waals surface area contributed by atoms with E-state index in [9.17, 15) is 18.0 Å². The van der Waals surface area contributed by atoms with Crippen LogP contribution in [0.3, 0.4) is 0 Å². The normalized spacial score (nSPS) is 18.2. The summed E-state index contributed by atoms with van der Waals surface area (Å²) >= 11 is 0. The minimum Gasteiger partial charge on any atom is -0.480 e. The van der Waals surface area contributed by atoms with Crippen molar-refractivity contribution in [3.8, 4) is 0 Å². The highest BCUT2D eigenvalue weighted by Gasteiger charge is 2.22. The van der Waals surface area contributed by atoms with E-state index in [4.69, 9.17) is 9.84 Å². The first kappa shape index (κ1) is 16.7. The number of hydrogen-bond donors (Lipinski definition) is 3. The Balaban J connectivity index is 2.43. The number of sulfone groups is 1. The van der Waals surface area contributed by atoms with Gasteiger partial charge in [-0.2, -0.15) is 0 Å². The fourth-order valence-electron chi connectivity index (χ4n) is 1.60. The van der Waals surface area contributed by atoms with Crippen molar-refractivity contribution in [2.45, 2.75) is 12.5 Å². The van der Waals surface area contributed by atoms with Crippen LogP contribution in [-0.4, -0.2) is 74.9 Å². The fourth-order valence-corrected chi connectivity index (χ4v) is 2.26. The first-order valence-electron chi connectivity index (χ1n) is 6.08. The molecule has 0 bridgehead atoms. The monoisotopic (exact) mass is 309 g/mol. The molecule has 0 aromatic carbocycles. The van der Waals surface area contributed by atoms with Gasteiger partial charge >= 0.3 is 12.0 Å². The van der Waals surface area contributed by atoms with Crippen LogP contribution in [0.1, 0.15) is 6.42 Å². The molecule has 10 heteroatoms. The summed E-state index contributed by atoms with van der Waals surface area (Å²) in [6.07, 6.45) is 0.838. The van der Waals surface area contributed by atoms with Crippen molar-refractivity contribution in [2.75, 3.05) is 38.3 Å². The predicted molar refractivity (Wildman–Crippen MR) is 69.8 cm³/mol. The predicted octanol–water partition coefficient (Wildman–Crippen LogP) is -1.58. The molecule has 0 aromatic rings. The number of urea groups is 1. The van der Waals surface area contributed by atoms with Gasteiger partial charge in [-0.3, -0.25) is 5.43 Å². The van der Waals surface area contributed by atoms with Gasteiger partial charge in [0, 0.05) is 19.3 Å². The van der Waals surface area contributed by atoms with Crippen molar-refractivity contribution in [3.05, 3.63) is 0 Å². The molecule has 1 atom stereocenters. The molecule has 2 amide bonds. The van der Waals surface area contributed by atoms with Crippen LogP contribution in [0.25, 0.3) is 0 Å². The number of carboxylic acid groups (broad SMARTS) is 1. The van der Waals surface area contributed by atoms with Gasteiger partial charge in [0.25, 0.3) is 0 Å². The van der Waals surface area contributed by atoms with Gasteiger partial charge < -0.3 is 15.2 Å². The second-order valence-corrected chi connectivity index (χ2v) is 6.75. The number of nitrogens with zero attached hydrogens (tertiary/aromatic N) is 1. The molecule has 1 rings (SSSR count). The maximum Gasteiger partial charge on any atom is 0.330 e. The summed E-state index contributed by atoms with van der Waals surface area (Å²) in [6, 6.07) is -1.92. The Kier molecular flexibility index (Phi) is 6.17. The van der Waals surface area contributed by atoms with Gasteiger partial charge in [0.1, 0.15) is 15.9 Å². The van der Waals surface area contributed by atoms with Crippen LogP contribution in [0.15, 0.2) is 0 Å². The maximum atomic E-state index is 11.6. The first-order chi connectivity index (χ1) is 9.28. The molecule has 0 saturated carbocycles. The zero-order valence-electron chi connectivity index (χ0n) is 11.2. The third-order valence-electron chi connectivity index (χ3n) is 2.65. The minimum absolute atomic E-state index is 0.176.